The van der Waals surface area contributed by atoms with Gasteiger partial charge in [0, 0.05) is 13.7 Å². The Balaban J connectivity index is 3.17. The zero-order valence-electron chi connectivity index (χ0n) is 8.92. The monoisotopic (exact) mass is 189 g/mol. The van der Waals surface area contributed by atoms with Crippen LogP contribution in [0, 0.1) is 0 Å². The van der Waals surface area contributed by atoms with Crippen LogP contribution in [0.15, 0.2) is 0 Å². The van der Waals surface area contributed by atoms with Crippen LogP contribution in [-0.4, -0.2) is 26.6 Å². The summed E-state index contributed by atoms with van der Waals surface area (Å²) in [5, 5.41) is 0. The maximum atomic E-state index is 5.52. The number of ether oxygens (including phenoxy) is 2. The van der Waals surface area contributed by atoms with Gasteiger partial charge in [0.25, 0.3) is 0 Å². The Labute approximate surface area is 81.6 Å². The van der Waals surface area contributed by atoms with Gasteiger partial charge in [0.05, 0.1) is 0 Å². The Hall–Kier alpha value is -0.120. The molecule has 0 aliphatic rings. The third-order valence-electron chi connectivity index (χ3n) is 1.94. The molecule has 0 saturated carbocycles. The molecule has 0 aliphatic heterocycles. The molecule has 1 unspecified atom stereocenters. The first-order valence-corrected chi connectivity index (χ1v) is 5.19. The van der Waals surface area contributed by atoms with Crippen LogP contribution in [0.5, 0.6) is 0 Å². The summed E-state index contributed by atoms with van der Waals surface area (Å²) >= 11 is 0. The second-order valence-electron chi connectivity index (χ2n) is 3.17. The molecule has 0 aromatic heterocycles. The highest BCUT2D eigenvalue weighted by atomic mass is 16.7. The number of rotatable bonds is 9. The van der Waals surface area contributed by atoms with Gasteiger partial charge in [0.15, 0.2) is 6.29 Å². The molecule has 0 saturated heterocycles. The average molecular weight is 189 g/mol. The highest BCUT2D eigenvalue weighted by Gasteiger charge is 2.04. The second-order valence-corrected chi connectivity index (χ2v) is 3.17. The minimum absolute atomic E-state index is 0.0112. The van der Waals surface area contributed by atoms with Crippen molar-refractivity contribution < 1.29 is 9.47 Å². The number of unbranched alkanes of at least 4 members (excludes halogenated alkanes) is 2. The van der Waals surface area contributed by atoms with Crippen molar-refractivity contribution in [3.63, 3.8) is 0 Å². The molecule has 0 heterocycles. The Kier molecular flexibility index (Phi) is 9.87. The van der Waals surface area contributed by atoms with E-state index in [9.17, 15) is 0 Å². The number of hydrogen-bond donors (Lipinski definition) is 1. The molecule has 0 amide bonds. The zero-order valence-corrected chi connectivity index (χ0v) is 8.92. The highest BCUT2D eigenvalue weighted by molar-refractivity contribution is 4.45. The van der Waals surface area contributed by atoms with E-state index in [0.29, 0.717) is 0 Å². The summed E-state index contributed by atoms with van der Waals surface area (Å²) in [6.45, 7) is 3.70. The van der Waals surface area contributed by atoms with Crippen LogP contribution >= 0.6 is 0 Å². The highest BCUT2D eigenvalue weighted by Crippen LogP contribution is 2.04. The molecule has 0 spiro atoms. The van der Waals surface area contributed by atoms with Gasteiger partial charge in [-0.2, -0.15) is 0 Å². The van der Waals surface area contributed by atoms with Gasteiger partial charge >= 0.3 is 0 Å². The van der Waals surface area contributed by atoms with E-state index >= 15 is 0 Å². The fourth-order valence-electron chi connectivity index (χ4n) is 1.14. The van der Waals surface area contributed by atoms with E-state index in [1.807, 2.05) is 0 Å². The van der Waals surface area contributed by atoms with Gasteiger partial charge in [-0.3, -0.25) is 0 Å². The van der Waals surface area contributed by atoms with Gasteiger partial charge in [-0.1, -0.05) is 13.3 Å². The van der Waals surface area contributed by atoms with Gasteiger partial charge in [-0.15, -0.1) is 0 Å². The smallest absolute Gasteiger partial charge is 0.157 e. The summed E-state index contributed by atoms with van der Waals surface area (Å²) in [7, 11) is 1.69. The molecular formula is C10H23NO2. The molecule has 0 rings (SSSR count). The van der Waals surface area contributed by atoms with Crippen LogP contribution in [0.1, 0.15) is 39.0 Å². The van der Waals surface area contributed by atoms with Crippen molar-refractivity contribution in [1.82, 2.24) is 0 Å². The van der Waals surface area contributed by atoms with Crippen molar-refractivity contribution in [3.8, 4) is 0 Å². The van der Waals surface area contributed by atoms with Crippen LogP contribution in [0.25, 0.3) is 0 Å². The topological polar surface area (TPSA) is 44.5 Å². The second kappa shape index (κ2) is 9.96. The predicted octanol–water partition coefficient (Wildman–Crippen LogP) is 1.90. The fraction of sp³-hybridized carbons (Fsp3) is 1.00. The van der Waals surface area contributed by atoms with Gasteiger partial charge < -0.3 is 15.2 Å². The molecule has 3 heteroatoms. The normalized spacial score (nSPS) is 13.2. The number of hydrogen-bond acceptors (Lipinski definition) is 3. The predicted molar refractivity (Wildman–Crippen MR) is 54.6 cm³/mol. The van der Waals surface area contributed by atoms with Crippen molar-refractivity contribution >= 4 is 0 Å². The van der Waals surface area contributed by atoms with Gasteiger partial charge in [-0.05, 0) is 32.2 Å². The maximum absolute atomic E-state index is 5.52. The van der Waals surface area contributed by atoms with E-state index in [1.54, 1.807) is 7.11 Å². The summed E-state index contributed by atoms with van der Waals surface area (Å²) in [6, 6.07) is 0. The number of nitrogens with two attached hydrogens (primary N) is 1. The van der Waals surface area contributed by atoms with Crippen molar-refractivity contribution in [2.75, 3.05) is 20.3 Å². The first-order chi connectivity index (χ1) is 6.35. The summed E-state index contributed by atoms with van der Waals surface area (Å²) < 4.78 is 10.7. The van der Waals surface area contributed by atoms with Crippen LogP contribution < -0.4 is 5.73 Å². The summed E-state index contributed by atoms with van der Waals surface area (Å²) in [5.41, 5.74) is 5.38. The molecule has 1 atom stereocenters. The van der Waals surface area contributed by atoms with E-state index in [1.165, 1.54) is 0 Å². The molecule has 13 heavy (non-hydrogen) atoms. The molecule has 0 aromatic carbocycles. The lowest BCUT2D eigenvalue weighted by molar-refractivity contribution is -0.128. The third-order valence-corrected chi connectivity index (χ3v) is 1.94. The van der Waals surface area contributed by atoms with Crippen LogP contribution in [0.2, 0.25) is 0 Å². The SMILES string of the molecule is CCCC(OC)OCCCCCN. The average Bonchev–Trinajstić information content (AvgIpc) is 2.16. The molecule has 80 valence electrons. The van der Waals surface area contributed by atoms with E-state index in [4.69, 9.17) is 15.2 Å². The quantitative estimate of drug-likeness (QED) is 0.445. The standard InChI is InChI=1S/C10H23NO2/c1-3-7-10(12-2)13-9-6-4-5-8-11/h10H,3-9,11H2,1-2H3. The van der Waals surface area contributed by atoms with Crippen molar-refractivity contribution in [3.05, 3.63) is 0 Å². The van der Waals surface area contributed by atoms with E-state index in [2.05, 4.69) is 6.92 Å². The third kappa shape index (κ3) is 8.22. The zero-order chi connectivity index (χ0) is 9.94. The molecule has 0 bridgehead atoms. The molecule has 0 aromatic rings. The lowest BCUT2D eigenvalue weighted by Gasteiger charge is -2.14. The first kappa shape index (κ1) is 12.9. The van der Waals surface area contributed by atoms with Crippen molar-refractivity contribution in [2.24, 2.45) is 5.73 Å². The summed E-state index contributed by atoms with van der Waals surface area (Å²) in [6.07, 6.45) is 5.39. The Morgan fingerprint density at radius 2 is 2.00 bits per heavy atom. The van der Waals surface area contributed by atoms with Crippen LogP contribution in [-0.2, 0) is 9.47 Å². The Bertz CT molecular complexity index is 98.9. The molecule has 0 radical (unpaired) electrons. The van der Waals surface area contributed by atoms with Crippen molar-refractivity contribution in [2.45, 2.75) is 45.3 Å². The van der Waals surface area contributed by atoms with Crippen LogP contribution in [0.4, 0.5) is 0 Å². The van der Waals surface area contributed by atoms with Gasteiger partial charge in [-0.25, -0.2) is 0 Å². The van der Waals surface area contributed by atoms with E-state index in [0.717, 1.165) is 45.3 Å². The molecule has 3 nitrogen and oxygen atoms in total. The molecular weight excluding hydrogens is 166 g/mol. The van der Waals surface area contributed by atoms with Crippen molar-refractivity contribution in [1.29, 1.82) is 0 Å². The first-order valence-electron chi connectivity index (χ1n) is 5.19. The fourth-order valence-corrected chi connectivity index (χ4v) is 1.14. The largest absolute Gasteiger partial charge is 0.356 e. The summed E-state index contributed by atoms with van der Waals surface area (Å²) in [4.78, 5) is 0. The number of methoxy groups -OCH3 is 1. The molecule has 0 fully saturated rings. The minimum Gasteiger partial charge on any atom is -0.356 e. The lowest BCUT2D eigenvalue weighted by atomic mass is 10.2. The van der Waals surface area contributed by atoms with Gasteiger partial charge in [0.1, 0.15) is 0 Å². The van der Waals surface area contributed by atoms with Gasteiger partial charge in [0.2, 0.25) is 0 Å². The van der Waals surface area contributed by atoms with E-state index < -0.39 is 0 Å². The Morgan fingerprint density at radius 3 is 2.54 bits per heavy atom. The van der Waals surface area contributed by atoms with Crippen LogP contribution in [0.3, 0.4) is 0 Å². The lowest BCUT2D eigenvalue weighted by Crippen LogP contribution is -2.15. The maximum Gasteiger partial charge on any atom is 0.157 e. The summed E-state index contributed by atoms with van der Waals surface area (Å²) in [5.74, 6) is 0. The minimum atomic E-state index is -0.0112. The Morgan fingerprint density at radius 1 is 1.23 bits per heavy atom. The molecule has 2 N–H and O–H groups in total. The molecule has 0 aliphatic carbocycles. The van der Waals surface area contributed by atoms with E-state index in [-0.39, 0.29) is 6.29 Å².